The molecule has 0 bridgehead atoms. The summed E-state index contributed by atoms with van der Waals surface area (Å²) in [6.07, 6.45) is 1.99. The fourth-order valence-electron chi connectivity index (χ4n) is 4.72. The molecule has 0 spiro atoms. The van der Waals surface area contributed by atoms with Gasteiger partial charge >= 0.3 is 0 Å². The van der Waals surface area contributed by atoms with Crippen molar-refractivity contribution >= 4 is 29.4 Å². The van der Waals surface area contributed by atoms with Crippen LogP contribution >= 0.6 is 11.8 Å². The number of nitrogens with zero attached hydrogens (tertiary/aromatic N) is 3. The number of rotatable bonds is 6. The minimum atomic E-state index is -0.292. The molecule has 1 saturated carbocycles. The highest BCUT2D eigenvalue weighted by Gasteiger charge is 2.40. The molecule has 7 nitrogen and oxygen atoms in total. The summed E-state index contributed by atoms with van der Waals surface area (Å²) in [5.74, 6) is 1.45. The van der Waals surface area contributed by atoms with Crippen LogP contribution in [0.4, 0.5) is 5.82 Å². The fourth-order valence-corrected chi connectivity index (χ4v) is 5.91. The largest absolute Gasteiger partial charge is 0.497 e. The third kappa shape index (κ3) is 5.25. The molecule has 0 radical (unpaired) electrons. The van der Waals surface area contributed by atoms with Gasteiger partial charge in [-0.05, 0) is 49.6 Å². The van der Waals surface area contributed by atoms with Gasteiger partial charge in [-0.25, -0.2) is 4.68 Å². The van der Waals surface area contributed by atoms with Crippen LogP contribution in [-0.4, -0.2) is 47.0 Å². The van der Waals surface area contributed by atoms with Gasteiger partial charge in [0.25, 0.3) is 0 Å². The first-order valence-electron chi connectivity index (χ1n) is 12.7. The summed E-state index contributed by atoms with van der Waals surface area (Å²) in [6, 6.07) is 16.3. The number of hydrogen-bond donors (Lipinski definition) is 1. The number of ether oxygens (including phenoxy) is 1. The molecule has 8 heteroatoms. The first-order chi connectivity index (χ1) is 17.7. The molecule has 3 aromatic rings. The minimum Gasteiger partial charge on any atom is -0.497 e. The molecule has 1 fully saturated rings. The standard InChI is InChI=1S/C29H34N4O3S/c1-18-7-6-8-19(15-18)26-25-27(29(2,3)4)31-33(21-11-13-22(36-5)14-12-21)28(25)32(24(35)17-37-26)16-23(34)30-20-9-10-20/h6-8,11-15,20,26H,9-10,16-17H2,1-5H3,(H,30,34)/t26-/m0/s1. The maximum Gasteiger partial charge on any atom is 0.240 e. The summed E-state index contributed by atoms with van der Waals surface area (Å²) in [4.78, 5) is 28.3. The second kappa shape index (κ2) is 9.89. The highest BCUT2D eigenvalue weighted by molar-refractivity contribution is 8.00. The van der Waals surface area contributed by atoms with Crippen LogP contribution in [0, 0.1) is 6.92 Å². The molecule has 2 amide bonds. The van der Waals surface area contributed by atoms with Crippen LogP contribution in [0.1, 0.15) is 61.2 Å². The number of anilines is 1. The number of amides is 2. The van der Waals surface area contributed by atoms with Gasteiger partial charge in [0.2, 0.25) is 11.8 Å². The molecular formula is C29H34N4O3S. The third-order valence-electron chi connectivity index (χ3n) is 6.71. The molecule has 0 unspecified atom stereocenters. The van der Waals surface area contributed by atoms with Crippen LogP contribution < -0.4 is 15.0 Å². The van der Waals surface area contributed by atoms with Gasteiger partial charge in [0.15, 0.2) is 0 Å². The number of hydrogen-bond acceptors (Lipinski definition) is 5. The molecule has 2 aliphatic rings. The van der Waals surface area contributed by atoms with Crippen LogP contribution in [0.15, 0.2) is 48.5 Å². The molecule has 37 heavy (non-hydrogen) atoms. The Morgan fingerprint density at radius 2 is 1.89 bits per heavy atom. The van der Waals surface area contributed by atoms with E-state index in [0.717, 1.165) is 46.7 Å². The van der Waals surface area contributed by atoms with Crippen LogP contribution in [-0.2, 0) is 15.0 Å². The Kier molecular flexibility index (Phi) is 6.79. The average molecular weight is 519 g/mol. The zero-order valence-electron chi connectivity index (χ0n) is 22.1. The molecule has 1 N–H and O–H groups in total. The van der Waals surface area contributed by atoms with Gasteiger partial charge in [0, 0.05) is 17.0 Å². The smallest absolute Gasteiger partial charge is 0.240 e. The first-order valence-corrected chi connectivity index (χ1v) is 13.8. The van der Waals surface area contributed by atoms with Crippen LogP contribution in [0.2, 0.25) is 0 Å². The van der Waals surface area contributed by atoms with Gasteiger partial charge in [-0.15, -0.1) is 11.8 Å². The van der Waals surface area contributed by atoms with Crippen molar-refractivity contribution in [2.75, 3.05) is 24.3 Å². The number of benzene rings is 2. The Labute approximate surface area is 222 Å². The van der Waals surface area contributed by atoms with E-state index in [9.17, 15) is 9.59 Å². The van der Waals surface area contributed by atoms with E-state index in [-0.39, 0.29) is 40.8 Å². The molecule has 1 atom stereocenters. The lowest BCUT2D eigenvalue weighted by Gasteiger charge is -2.24. The quantitative estimate of drug-likeness (QED) is 0.501. The van der Waals surface area contributed by atoms with E-state index in [0.29, 0.717) is 5.82 Å². The zero-order valence-corrected chi connectivity index (χ0v) is 22.9. The fraction of sp³-hybridized carbons (Fsp3) is 0.414. The van der Waals surface area contributed by atoms with Crippen LogP contribution in [0.3, 0.4) is 0 Å². The summed E-state index contributed by atoms with van der Waals surface area (Å²) < 4.78 is 7.21. The SMILES string of the molecule is COc1ccc(-n2nc(C(C)(C)C)c3c2N(CC(=O)NC2CC2)C(=O)CS[C@H]3c2cccc(C)c2)cc1. The van der Waals surface area contributed by atoms with Crippen molar-refractivity contribution in [2.45, 2.75) is 57.2 Å². The van der Waals surface area contributed by atoms with E-state index in [2.05, 4.69) is 57.3 Å². The second-order valence-electron chi connectivity index (χ2n) is 10.9. The van der Waals surface area contributed by atoms with Crippen molar-refractivity contribution in [3.05, 3.63) is 70.9 Å². The van der Waals surface area contributed by atoms with E-state index in [1.54, 1.807) is 23.8 Å². The predicted octanol–water partition coefficient (Wildman–Crippen LogP) is 4.93. The predicted molar refractivity (Wildman–Crippen MR) is 148 cm³/mol. The van der Waals surface area contributed by atoms with Crippen molar-refractivity contribution in [3.63, 3.8) is 0 Å². The molecule has 1 aliphatic carbocycles. The van der Waals surface area contributed by atoms with Crippen molar-refractivity contribution in [1.82, 2.24) is 15.1 Å². The molecule has 2 heterocycles. The van der Waals surface area contributed by atoms with Crippen molar-refractivity contribution in [2.24, 2.45) is 0 Å². The van der Waals surface area contributed by atoms with Crippen LogP contribution in [0.5, 0.6) is 5.75 Å². The summed E-state index contributed by atoms with van der Waals surface area (Å²) >= 11 is 1.60. The lowest BCUT2D eigenvalue weighted by Crippen LogP contribution is -2.43. The zero-order chi connectivity index (χ0) is 26.3. The number of thioether (sulfide) groups is 1. The molecule has 2 aromatic carbocycles. The maximum atomic E-state index is 13.7. The molecule has 1 aliphatic heterocycles. The monoisotopic (exact) mass is 518 g/mol. The Morgan fingerprint density at radius 3 is 2.51 bits per heavy atom. The van der Waals surface area contributed by atoms with Gasteiger partial charge < -0.3 is 10.1 Å². The normalized spacial score (nSPS) is 17.8. The van der Waals surface area contributed by atoms with Crippen molar-refractivity contribution in [3.8, 4) is 11.4 Å². The highest BCUT2D eigenvalue weighted by Crippen LogP contribution is 2.48. The number of carbonyl (C=O) groups excluding carboxylic acids is 2. The van der Waals surface area contributed by atoms with E-state index in [4.69, 9.17) is 9.84 Å². The number of nitrogens with one attached hydrogen (secondary N) is 1. The maximum absolute atomic E-state index is 13.7. The third-order valence-corrected chi connectivity index (χ3v) is 7.96. The van der Waals surface area contributed by atoms with Gasteiger partial charge in [-0.2, -0.15) is 5.10 Å². The molecule has 194 valence electrons. The van der Waals surface area contributed by atoms with Gasteiger partial charge in [-0.1, -0.05) is 50.6 Å². The molecule has 1 aromatic heterocycles. The number of aromatic nitrogens is 2. The number of methoxy groups -OCH3 is 1. The first kappa shape index (κ1) is 25.4. The second-order valence-corrected chi connectivity index (χ2v) is 12.0. The van der Waals surface area contributed by atoms with Crippen LogP contribution in [0.25, 0.3) is 5.69 Å². The lowest BCUT2D eigenvalue weighted by atomic mass is 9.87. The Hall–Kier alpha value is -3.26. The van der Waals surface area contributed by atoms with E-state index in [1.807, 2.05) is 28.9 Å². The van der Waals surface area contributed by atoms with Gasteiger partial charge in [0.05, 0.1) is 29.5 Å². The number of aryl methyl sites for hydroxylation is 1. The summed E-state index contributed by atoms with van der Waals surface area (Å²) in [6.45, 7) is 8.47. The molecule has 5 rings (SSSR count). The minimum absolute atomic E-state index is 0.0329. The molecule has 0 saturated heterocycles. The Morgan fingerprint density at radius 1 is 1.16 bits per heavy atom. The summed E-state index contributed by atoms with van der Waals surface area (Å²) in [5, 5.41) is 8.08. The summed E-state index contributed by atoms with van der Waals surface area (Å²) in [5.41, 5.74) is 4.71. The average Bonchev–Trinajstić information content (AvgIpc) is 3.60. The van der Waals surface area contributed by atoms with E-state index >= 15 is 0 Å². The highest BCUT2D eigenvalue weighted by atomic mass is 32.2. The van der Waals surface area contributed by atoms with Gasteiger partial charge in [0.1, 0.15) is 18.1 Å². The molecular weight excluding hydrogens is 484 g/mol. The van der Waals surface area contributed by atoms with E-state index in [1.165, 1.54) is 0 Å². The van der Waals surface area contributed by atoms with Crippen molar-refractivity contribution < 1.29 is 14.3 Å². The van der Waals surface area contributed by atoms with Gasteiger partial charge in [-0.3, -0.25) is 14.5 Å². The lowest BCUT2D eigenvalue weighted by molar-refractivity contribution is -0.123. The Balaban J connectivity index is 1.73. The number of carbonyl (C=O) groups is 2. The number of fused-ring (bicyclic) bond motifs is 1. The van der Waals surface area contributed by atoms with Crippen molar-refractivity contribution in [1.29, 1.82) is 0 Å². The topological polar surface area (TPSA) is 76.5 Å². The van der Waals surface area contributed by atoms with E-state index < -0.39 is 0 Å². The summed E-state index contributed by atoms with van der Waals surface area (Å²) in [7, 11) is 1.63. The Bertz CT molecular complexity index is 1320.